The van der Waals surface area contributed by atoms with E-state index in [-0.39, 0.29) is 5.56 Å². The van der Waals surface area contributed by atoms with Crippen molar-refractivity contribution in [3.8, 4) is 11.4 Å². The van der Waals surface area contributed by atoms with Crippen molar-refractivity contribution in [3.05, 3.63) is 70.8 Å². The minimum Gasteiger partial charge on any atom is -0.495 e. The van der Waals surface area contributed by atoms with E-state index in [1.165, 1.54) is 18.2 Å². The summed E-state index contributed by atoms with van der Waals surface area (Å²) in [5.74, 6) is 2.09. The van der Waals surface area contributed by atoms with Crippen molar-refractivity contribution in [2.75, 3.05) is 25.1 Å². The Morgan fingerprint density at radius 3 is 2.69 bits per heavy atom. The molecule has 0 unspecified atom stereocenters. The Morgan fingerprint density at radius 2 is 1.84 bits per heavy atom. The summed E-state index contributed by atoms with van der Waals surface area (Å²) in [6, 6.07) is 15.0. The number of ether oxygens (including phenoxy) is 1. The number of pyridine rings is 1. The number of rotatable bonds is 6. The standard InChI is InChI=1S/C23H24N6O2S/c1-31-19-10-4-3-9-18(19)29-22(27-12-6-2-7-13-27)25-26-23(29)32-16-17-15-21(30)28-14-8-5-11-20(28)24-17/h3-5,8-11,14-15H,2,6-7,12-13,16H2,1H3. The van der Waals surface area contributed by atoms with Gasteiger partial charge in [0.1, 0.15) is 11.4 Å². The molecule has 0 aliphatic carbocycles. The van der Waals surface area contributed by atoms with E-state index >= 15 is 0 Å². The van der Waals surface area contributed by atoms with Crippen LogP contribution < -0.4 is 15.2 Å². The molecule has 32 heavy (non-hydrogen) atoms. The van der Waals surface area contributed by atoms with Gasteiger partial charge in [-0.15, -0.1) is 10.2 Å². The highest BCUT2D eigenvalue weighted by Crippen LogP contribution is 2.33. The lowest BCUT2D eigenvalue weighted by Gasteiger charge is -2.28. The number of nitrogens with zero attached hydrogens (tertiary/aromatic N) is 6. The normalized spacial score (nSPS) is 14.1. The number of methoxy groups -OCH3 is 1. The van der Waals surface area contributed by atoms with Crippen molar-refractivity contribution in [1.82, 2.24) is 24.1 Å². The van der Waals surface area contributed by atoms with Gasteiger partial charge in [0, 0.05) is 31.1 Å². The second-order valence-electron chi connectivity index (χ2n) is 7.64. The zero-order valence-corrected chi connectivity index (χ0v) is 18.7. The number of hydrogen-bond acceptors (Lipinski definition) is 7. The van der Waals surface area contributed by atoms with E-state index in [1.54, 1.807) is 23.8 Å². The molecule has 9 heteroatoms. The molecular formula is C23H24N6O2S. The van der Waals surface area contributed by atoms with Crippen LogP contribution in [0.5, 0.6) is 5.75 Å². The van der Waals surface area contributed by atoms with E-state index in [2.05, 4.69) is 24.6 Å². The van der Waals surface area contributed by atoms with Crippen LogP contribution in [-0.2, 0) is 5.75 Å². The average molecular weight is 449 g/mol. The maximum absolute atomic E-state index is 12.5. The first-order valence-corrected chi connectivity index (χ1v) is 11.7. The molecule has 1 saturated heterocycles. The largest absolute Gasteiger partial charge is 0.495 e. The molecule has 1 aliphatic rings. The third-order valence-electron chi connectivity index (χ3n) is 5.55. The number of benzene rings is 1. The molecule has 0 atom stereocenters. The van der Waals surface area contributed by atoms with Crippen molar-refractivity contribution >= 4 is 23.4 Å². The van der Waals surface area contributed by atoms with Crippen LogP contribution in [0.15, 0.2) is 64.7 Å². The van der Waals surface area contributed by atoms with E-state index in [4.69, 9.17) is 4.74 Å². The molecule has 0 spiro atoms. The fraction of sp³-hybridized carbons (Fsp3) is 0.304. The Hall–Kier alpha value is -3.33. The monoisotopic (exact) mass is 448 g/mol. The summed E-state index contributed by atoms with van der Waals surface area (Å²) in [4.78, 5) is 19.4. The van der Waals surface area contributed by atoms with E-state index in [0.717, 1.165) is 48.5 Å². The Labute approximate surface area is 189 Å². The van der Waals surface area contributed by atoms with Crippen LogP contribution >= 0.6 is 11.8 Å². The van der Waals surface area contributed by atoms with Gasteiger partial charge in [0.15, 0.2) is 5.16 Å². The number of thioether (sulfide) groups is 1. The molecule has 5 rings (SSSR count). The van der Waals surface area contributed by atoms with Crippen LogP contribution in [0.25, 0.3) is 11.3 Å². The third kappa shape index (κ3) is 3.95. The summed E-state index contributed by atoms with van der Waals surface area (Å²) >= 11 is 1.51. The highest BCUT2D eigenvalue weighted by Gasteiger charge is 2.23. The number of anilines is 1. The van der Waals surface area contributed by atoms with E-state index in [1.807, 2.05) is 42.5 Å². The quantitative estimate of drug-likeness (QED) is 0.417. The number of para-hydroxylation sites is 2. The molecule has 0 N–H and O–H groups in total. The molecule has 0 radical (unpaired) electrons. The van der Waals surface area contributed by atoms with Crippen molar-refractivity contribution in [2.45, 2.75) is 30.2 Å². The van der Waals surface area contributed by atoms with E-state index in [0.29, 0.717) is 17.1 Å². The minimum atomic E-state index is -0.0913. The average Bonchev–Trinajstić information content (AvgIpc) is 3.27. The first-order valence-electron chi connectivity index (χ1n) is 10.7. The molecule has 1 aliphatic heterocycles. The van der Waals surface area contributed by atoms with Crippen molar-refractivity contribution < 1.29 is 4.74 Å². The minimum absolute atomic E-state index is 0.0913. The molecule has 4 heterocycles. The zero-order chi connectivity index (χ0) is 21.9. The number of aromatic nitrogens is 5. The Kier molecular flexibility index (Phi) is 5.81. The molecule has 1 aromatic carbocycles. The Balaban J connectivity index is 1.51. The van der Waals surface area contributed by atoms with Crippen molar-refractivity contribution in [2.24, 2.45) is 0 Å². The SMILES string of the molecule is COc1ccccc1-n1c(SCc2cc(=O)n3ccccc3n2)nnc1N1CCCCC1. The predicted octanol–water partition coefficient (Wildman–Crippen LogP) is 3.57. The molecule has 0 bridgehead atoms. The van der Waals surface area contributed by atoms with Gasteiger partial charge in [0.05, 0.1) is 18.5 Å². The van der Waals surface area contributed by atoms with E-state index in [9.17, 15) is 4.79 Å². The fourth-order valence-electron chi connectivity index (χ4n) is 4.00. The van der Waals surface area contributed by atoms with Gasteiger partial charge in [-0.3, -0.25) is 13.8 Å². The summed E-state index contributed by atoms with van der Waals surface area (Å²) in [5, 5.41) is 9.80. The number of piperidine rings is 1. The van der Waals surface area contributed by atoms with Gasteiger partial charge in [0.2, 0.25) is 5.95 Å². The lowest BCUT2D eigenvalue weighted by molar-refractivity contribution is 0.412. The lowest BCUT2D eigenvalue weighted by atomic mass is 10.1. The summed E-state index contributed by atoms with van der Waals surface area (Å²) in [6.45, 7) is 1.92. The van der Waals surface area contributed by atoms with Crippen LogP contribution in [0.1, 0.15) is 25.0 Å². The van der Waals surface area contributed by atoms with Crippen LogP contribution in [0, 0.1) is 0 Å². The second-order valence-corrected chi connectivity index (χ2v) is 8.58. The van der Waals surface area contributed by atoms with Gasteiger partial charge in [-0.1, -0.05) is 30.0 Å². The topological polar surface area (TPSA) is 77.5 Å². The fourth-order valence-corrected chi connectivity index (χ4v) is 4.83. The van der Waals surface area contributed by atoms with Gasteiger partial charge < -0.3 is 9.64 Å². The molecule has 8 nitrogen and oxygen atoms in total. The third-order valence-corrected chi connectivity index (χ3v) is 6.52. The van der Waals surface area contributed by atoms with Gasteiger partial charge in [-0.05, 0) is 43.5 Å². The van der Waals surface area contributed by atoms with Gasteiger partial charge in [0.25, 0.3) is 5.56 Å². The predicted molar refractivity (Wildman–Crippen MR) is 125 cm³/mol. The first kappa shape index (κ1) is 20.6. The van der Waals surface area contributed by atoms with Gasteiger partial charge in [-0.2, -0.15) is 0 Å². The molecule has 3 aromatic heterocycles. The van der Waals surface area contributed by atoms with Crippen LogP contribution in [-0.4, -0.2) is 44.3 Å². The Bertz CT molecular complexity index is 1300. The maximum atomic E-state index is 12.5. The molecule has 0 saturated carbocycles. The first-order chi connectivity index (χ1) is 15.7. The van der Waals surface area contributed by atoms with Gasteiger partial charge in [-0.25, -0.2) is 4.98 Å². The Morgan fingerprint density at radius 1 is 1.03 bits per heavy atom. The van der Waals surface area contributed by atoms with Crippen LogP contribution in [0.4, 0.5) is 5.95 Å². The van der Waals surface area contributed by atoms with Gasteiger partial charge >= 0.3 is 0 Å². The highest BCUT2D eigenvalue weighted by atomic mass is 32.2. The van der Waals surface area contributed by atoms with Crippen LogP contribution in [0.2, 0.25) is 0 Å². The second kappa shape index (κ2) is 9.04. The van der Waals surface area contributed by atoms with Crippen LogP contribution in [0.3, 0.4) is 0 Å². The van der Waals surface area contributed by atoms with E-state index < -0.39 is 0 Å². The number of fused-ring (bicyclic) bond motifs is 1. The lowest BCUT2D eigenvalue weighted by Crippen LogP contribution is -2.31. The molecule has 0 amide bonds. The summed E-state index contributed by atoms with van der Waals surface area (Å²) in [7, 11) is 1.67. The molecule has 4 aromatic rings. The summed E-state index contributed by atoms with van der Waals surface area (Å²) in [6.07, 6.45) is 5.26. The highest BCUT2D eigenvalue weighted by molar-refractivity contribution is 7.98. The smallest absolute Gasteiger partial charge is 0.258 e. The zero-order valence-electron chi connectivity index (χ0n) is 17.8. The molecule has 164 valence electrons. The molecular weight excluding hydrogens is 424 g/mol. The number of hydrogen-bond donors (Lipinski definition) is 0. The maximum Gasteiger partial charge on any atom is 0.258 e. The van der Waals surface area contributed by atoms with Crippen molar-refractivity contribution in [1.29, 1.82) is 0 Å². The van der Waals surface area contributed by atoms with Crippen molar-refractivity contribution in [3.63, 3.8) is 0 Å². The summed E-state index contributed by atoms with van der Waals surface area (Å²) < 4.78 is 9.23. The summed E-state index contributed by atoms with van der Waals surface area (Å²) in [5.41, 5.74) is 2.15. The molecule has 1 fully saturated rings.